The second kappa shape index (κ2) is 3.81. The first kappa shape index (κ1) is 7.86. The highest BCUT2D eigenvalue weighted by Crippen LogP contribution is 1.90. The van der Waals surface area contributed by atoms with E-state index in [0.717, 1.165) is 0 Å². The van der Waals surface area contributed by atoms with Crippen LogP contribution in [0.15, 0.2) is 18.2 Å². The Bertz CT molecular complexity index is 136. The van der Waals surface area contributed by atoms with Crippen LogP contribution in [-0.2, 0) is 9.53 Å². The Morgan fingerprint density at radius 2 is 2.44 bits per heavy atom. The lowest BCUT2D eigenvalue weighted by Gasteiger charge is -1.95. The van der Waals surface area contributed by atoms with Crippen molar-refractivity contribution in [2.45, 2.75) is 6.92 Å². The van der Waals surface area contributed by atoms with E-state index in [1.165, 1.54) is 6.08 Å². The number of ether oxygens (including phenoxy) is 1. The van der Waals surface area contributed by atoms with Crippen molar-refractivity contribution in [3.63, 3.8) is 0 Å². The molecule has 48 valence electrons. The van der Waals surface area contributed by atoms with Crippen molar-refractivity contribution in [1.29, 1.82) is 0 Å². The number of hydrogen-bond acceptors (Lipinski definition) is 2. The van der Waals surface area contributed by atoms with Gasteiger partial charge in [-0.3, -0.25) is 0 Å². The highest BCUT2D eigenvalue weighted by atomic mass is 16.5. The van der Waals surface area contributed by atoms with E-state index in [2.05, 4.69) is 11.3 Å². The molecule has 0 saturated carbocycles. The van der Waals surface area contributed by atoms with E-state index in [1.807, 2.05) is 0 Å². The van der Waals surface area contributed by atoms with Crippen molar-refractivity contribution in [2.75, 3.05) is 6.61 Å². The van der Waals surface area contributed by atoms with Crippen LogP contribution in [0.4, 0.5) is 0 Å². The molecule has 0 fully saturated rings. The lowest BCUT2D eigenvalue weighted by molar-refractivity contribution is -0.137. The molecule has 2 nitrogen and oxygen atoms in total. The molecule has 2 heteroatoms. The van der Waals surface area contributed by atoms with Crippen molar-refractivity contribution < 1.29 is 9.53 Å². The molecule has 0 aromatic carbocycles. The van der Waals surface area contributed by atoms with Crippen LogP contribution in [-0.4, -0.2) is 12.6 Å². The summed E-state index contributed by atoms with van der Waals surface area (Å²) in [4.78, 5) is 10.5. The molecular formula is C7H9O2+. The van der Waals surface area contributed by atoms with E-state index < -0.39 is 5.97 Å². The van der Waals surface area contributed by atoms with E-state index >= 15 is 0 Å². The van der Waals surface area contributed by atoms with Crippen molar-refractivity contribution >= 4 is 5.97 Å². The molecular weight excluding hydrogens is 116 g/mol. The van der Waals surface area contributed by atoms with Gasteiger partial charge >= 0.3 is 5.97 Å². The van der Waals surface area contributed by atoms with E-state index in [4.69, 9.17) is 6.58 Å². The summed E-state index contributed by atoms with van der Waals surface area (Å²) in [5.74, 6) is -0.406. The van der Waals surface area contributed by atoms with Crippen molar-refractivity contribution in [3.05, 3.63) is 24.8 Å². The zero-order valence-electron chi connectivity index (χ0n) is 5.39. The molecule has 0 aliphatic heterocycles. The van der Waals surface area contributed by atoms with Crippen molar-refractivity contribution in [2.24, 2.45) is 0 Å². The summed E-state index contributed by atoms with van der Waals surface area (Å²) >= 11 is 0. The summed E-state index contributed by atoms with van der Waals surface area (Å²) in [5, 5.41) is 0. The Labute approximate surface area is 54.8 Å². The van der Waals surface area contributed by atoms with Crippen LogP contribution >= 0.6 is 0 Å². The maximum absolute atomic E-state index is 10.5. The van der Waals surface area contributed by atoms with Crippen LogP contribution in [0.2, 0.25) is 0 Å². The summed E-state index contributed by atoms with van der Waals surface area (Å²) in [6, 6.07) is 0. The predicted molar refractivity (Wildman–Crippen MR) is 34.6 cm³/mol. The summed E-state index contributed by atoms with van der Waals surface area (Å²) in [7, 11) is 0. The van der Waals surface area contributed by atoms with Gasteiger partial charge in [0.15, 0.2) is 12.7 Å². The second-order valence-electron chi connectivity index (χ2n) is 1.61. The third kappa shape index (κ3) is 3.44. The Morgan fingerprint density at radius 3 is 2.78 bits per heavy atom. The van der Waals surface area contributed by atoms with Gasteiger partial charge in [0.1, 0.15) is 0 Å². The lowest BCUT2D eigenvalue weighted by Crippen LogP contribution is -2.03. The lowest BCUT2D eigenvalue weighted by atomic mass is 10.4. The molecule has 0 atom stereocenters. The molecule has 0 spiro atoms. The van der Waals surface area contributed by atoms with Crippen LogP contribution in [0.3, 0.4) is 0 Å². The average molecular weight is 125 g/mol. The summed E-state index contributed by atoms with van der Waals surface area (Å²) in [6.07, 6.45) is 1.26. The minimum absolute atomic E-state index is 0.145. The number of carbonyl (C=O) groups excluding carboxylic acids is 1. The minimum atomic E-state index is -0.406. The quantitative estimate of drug-likeness (QED) is 0.320. The smallest absolute Gasteiger partial charge is 0.333 e. The number of hydrogen-bond donors (Lipinski definition) is 0. The van der Waals surface area contributed by atoms with Crippen LogP contribution < -0.4 is 0 Å². The minimum Gasteiger partial charge on any atom is -0.453 e. The molecule has 0 aliphatic rings. The molecule has 0 heterocycles. The molecule has 0 N–H and O–H groups in total. The highest BCUT2D eigenvalue weighted by molar-refractivity contribution is 5.86. The summed E-state index contributed by atoms with van der Waals surface area (Å²) in [6.45, 7) is 10.1. The van der Waals surface area contributed by atoms with Gasteiger partial charge in [0, 0.05) is 5.57 Å². The summed E-state index contributed by atoms with van der Waals surface area (Å²) < 4.78 is 4.53. The van der Waals surface area contributed by atoms with Gasteiger partial charge in [0.2, 0.25) is 6.58 Å². The Morgan fingerprint density at radius 1 is 1.89 bits per heavy atom. The van der Waals surface area contributed by atoms with Crippen molar-refractivity contribution in [1.82, 2.24) is 0 Å². The van der Waals surface area contributed by atoms with E-state index in [-0.39, 0.29) is 6.61 Å². The molecule has 0 rings (SSSR count). The fourth-order valence-electron chi connectivity index (χ4n) is 0.247. The summed E-state index contributed by atoms with van der Waals surface area (Å²) in [5.41, 5.74) is 0.386. The Balaban J connectivity index is 3.51. The predicted octanol–water partition coefficient (Wildman–Crippen LogP) is 1.09. The van der Waals surface area contributed by atoms with E-state index in [0.29, 0.717) is 5.57 Å². The van der Waals surface area contributed by atoms with Gasteiger partial charge in [0.05, 0.1) is 0 Å². The van der Waals surface area contributed by atoms with Gasteiger partial charge in [-0.05, 0) is 6.92 Å². The molecule has 0 unspecified atom stereocenters. The monoisotopic (exact) mass is 125 g/mol. The first-order chi connectivity index (χ1) is 4.18. The molecule has 9 heavy (non-hydrogen) atoms. The van der Waals surface area contributed by atoms with Gasteiger partial charge in [-0.2, -0.15) is 0 Å². The van der Waals surface area contributed by atoms with Gasteiger partial charge in [0.25, 0.3) is 0 Å². The third-order valence-electron chi connectivity index (χ3n) is 0.659. The zero-order chi connectivity index (χ0) is 7.28. The molecule has 0 aromatic rings. The maximum atomic E-state index is 10.5. The van der Waals surface area contributed by atoms with Gasteiger partial charge < -0.3 is 4.74 Å². The first-order valence-corrected chi connectivity index (χ1v) is 2.54. The molecule has 0 aliphatic carbocycles. The molecule has 0 amide bonds. The van der Waals surface area contributed by atoms with Crippen LogP contribution in [0.1, 0.15) is 6.92 Å². The third-order valence-corrected chi connectivity index (χ3v) is 0.659. The Kier molecular flexibility index (Phi) is 3.33. The van der Waals surface area contributed by atoms with Crippen LogP contribution in [0.25, 0.3) is 0 Å². The zero-order valence-corrected chi connectivity index (χ0v) is 5.39. The normalized spacial score (nSPS) is 8.00. The van der Waals surface area contributed by atoms with Crippen LogP contribution in [0, 0.1) is 6.58 Å². The van der Waals surface area contributed by atoms with E-state index in [9.17, 15) is 4.79 Å². The SMILES string of the molecule is [CH+]=CCOC(=O)C(=C)C. The maximum Gasteiger partial charge on any atom is 0.333 e. The van der Waals surface area contributed by atoms with Gasteiger partial charge in [-0.25, -0.2) is 4.79 Å². The van der Waals surface area contributed by atoms with Crippen molar-refractivity contribution in [3.8, 4) is 0 Å². The topological polar surface area (TPSA) is 26.3 Å². The fraction of sp³-hybridized carbons (Fsp3) is 0.286. The number of carbonyl (C=O) groups is 1. The molecule has 0 aromatic heterocycles. The first-order valence-electron chi connectivity index (χ1n) is 2.54. The molecule has 0 radical (unpaired) electrons. The van der Waals surface area contributed by atoms with E-state index in [1.54, 1.807) is 6.92 Å². The number of esters is 1. The molecule has 0 bridgehead atoms. The van der Waals surface area contributed by atoms with Gasteiger partial charge in [-0.1, -0.05) is 6.58 Å². The average Bonchev–Trinajstić information content (AvgIpc) is 1.82. The van der Waals surface area contributed by atoms with Gasteiger partial charge in [-0.15, -0.1) is 0 Å². The number of rotatable bonds is 3. The largest absolute Gasteiger partial charge is 0.453 e. The standard InChI is InChI=1S/C7H9O2/c1-4-5-9-7(8)6(2)3/h1,4H,2,5H2,3H3/q+1. The second-order valence-corrected chi connectivity index (χ2v) is 1.61. The van der Waals surface area contributed by atoms with Crippen LogP contribution in [0.5, 0.6) is 0 Å². The molecule has 0 saturated heterocycles. The Hall–Kier alpha value is -1.14. The highest BCUT2D eigenvalue weighted by Gasteiger charge is 2.00. The fourth-order valence-corrected chi connectivity index (χ4v) is 0.247.